The van der Waals surface area contributed by atoms with Gasteiger partial charge in [0.05, 0.1) is 23.9 Å². The molecule has 0 radical (unpaired) electrons. The second-order valence-electron chi connectivity index (χ2n) is 6.23. The number of benzene rings is 2. The highest BCUT2D eigenvalue weighted by Gasteiger charge is 2.40. The van der Waals surface area contributed by atoms with Gasteiger partial charge in [-0.15, -0.1) is 0 Å². The lowest BCUT2D eigenvalue weighted by Crippen LogP contribution is -2.29. The minimum Gasteiger partial charge on any atom is -0.506 e. The summed E-state index contributed by atoms with van der Waals surface area (Å²) in [5.74, 6) is 1.45. The summed E-state index contributed by atoms with van der Waals surface area (Å²) in [4.78, 5) is 0. The third-order valence-corrected chi connectivity index (χ3v) is 5.48. The van der Waals surface area contributed by atoms with Gasteiger partial charge in [0.2, 0.25) is 0 Å². The molecule has 0 saturated carbocycles. The summed E-state index contributed by atoms with van der Waals surface area (Å²) in [7, 11) is 1.66. The molecular weight excluding hydrogens is 345 g/mol. The van der Waals surface area contributed by atoms with Crippen LogP contribution >= 0.6 is 23.2 Å². The van der Waals surface area contributed by atoms with Crippen LogP contribution in [0.2, 0.25) is 10.0 Å². The predicted octanol–water partition coefficient (Wildman–Crippen LogP) is 5.53. The average Bonchev–Trinajstić information content (AvgIpc) is 3.07. The number of hydrogen-bond donors (Lipinski definition) is 2. The molecule has 1 aliphatic heterocycles. The maximum atomic E-state index is 10.5. The maximum absolute atomic E-state index is 10.5. The minimum absolute atomic E-state index is 0.0857. The molecular formula is C19H17Cl2NO2. The van der Waals surface area contributed by atoms with Crippen molar-refractivity contribution in [3.63, 3.8) is 0 Å². The molecule has 1 aliphatic carbocycles. The van der Waals surface area contributed by atoms with Gasteiger partial charge in [0.15, 0.2) is 0 Å². The first-order valence-electron chi connectivity index (χ1n) is 7.88. The highest BCUT2D eigenvalue weighted by atomic mass is 35.5. The van der Waals surface area contributed by atoms with Crippen LogP contribution in [-0.4, -0.2) is 12.2 Å². The van der Waals surface area contributed by atoms with Crippen LogP contribution in [-0.2, 0) is 0 Å². The number of halogens is 2. The van der Waals surface area contributed by atoms with E-state index in [0.717, 1.165) is 23.4 Å². The van der Waals surface area contributed by atoms with Crippen molar-refractivity contribution in [2.75, 3.05) is 12.4 Å². The molecule has 0 saturated heterocycles. The number of para-hydroxylation sites is 1. The fourth-order valence-corrected chi connectivity index (χ4v) is 4.40. The number of nitrogens with one attached hydrogen (secondary N) is 1. The molecule has 2 aromatic carbocycles. The Labute approximate surface area is 150 Å². The Morgan fingerprint density at radius 2 is 2.04 bits per heavy atom. The Kier molecular flexibility index (Phi) is 3.86. The molecule has 0 aromatic heterocycles. The maximum Gasteiger partial charge on any atom is 0.142 e. The first-order valence-corrected chi connectivity index (χ1v) is 8.63. The van der Waals surface area contributed by atoms with E-state index in [-0.39, 0.29) is 22.7 Å². The van der Waals surface area contributed by atoms with E-state index in [4.69, 9.17) is 27.9 Å². The molecule has 3 atom stereocenters. The monoisotopic (exact) mass is 361 g/mol. The molecule has 124 valence electrons. The van der Waals surface area contributed by atoms with Gasteiger partial charge >= 0.3 is 0 Å². The van der Waals surface area contributed by atoms with Crippen LogP contribution in [0.4, 0.5) is 5.69 Å². The van der Waals surface area contributed by atoms with Gasteiger partial charge in [-0.05, 0) is 36.1 Å². The molecule has 0 spiro atoms. The smallest absolute Gasteiger partial charge is 0.142 e. The van der Waals surface area contributed by atoms with Gasteiger partial charge in [-0.1, -0.05) is 47.5 Å². The number of fused-ring (bicyclic) bond motifs is 3. The van der Waals surface area contributed by atoms with Crippen molar-refractivity contribution in [1.29, 1.82) is 0 Å². The SMILES string of the molecule is COc1cccc2c1NC(c1cc(Cl)cc(Cl)c1O)C1CC=CC21. The Morgan fingerprint density at radius 1 is 1.21 bits per heavy atom. The van der Waals surface area contributed by atoms with E-state index >= 15 is 0 Å². The number of anilines is 1. The second kappa shape index (κ2) is 5.91. The second-order valence-corrected chi connectivity index (χ2v) is 7.07. The number of phenols is 1. The summed E-state index contributed by atoms with van der Waals surface area (Å²) in [5.41, 5.74) is 2.91. The van der Waals surface area contributed by atoms with Gasteiger partial charge in [0, 0.05) is 16.5 Å². The first kappa shape index (κ1) is 15.7. The molecule has 3 unspecified atom stereocenters. The first-order chi connectivity index (χ1) is 11.6. The molecule has 5 heteroatoms. The number of methoxy groups -OCH3 is 1. The Morgan fingerprint density at radius 3 is 2.83 bits per heavy atom. The van der Waals surface area contributed by atoms with Crippen LogP contribution in [0.5, 0.6) is 11.5 Å². The minimum atomic E-state index is -0.0926. The van der Waals surface area contributed by atoms with Crippen LogP contribution < -0.4 is 10.1 Å². The van der Waals surface area contributed by atoms with Crippen molar-refractivity contribution < 1.29 is 9.84 Å². The Bertz CT molecular complexity index is 834. The number of phenolic OH excluding ortho intramolecular Hbond substituents is 1. The summed E-state index contributed by atoms with van der Waals surface area (Å²) in [6.07, 6.45) is 5.37. The van der Waals surface area contributed by atoms with Crippen molar-refractivity contribution in [2.45, 2.75) is 18.4 Å². The number of hydrogen-bond acceptors (Lipinski definition) is 3. The fraction of sp³-hybridized carbons (Fsp3) is 0.263. The van der Waals surface area contributed by atoms with Crippen molar-refractivity contribution in [3.8, 4) is 11.5 Å². The van der Waals surface area contributed by atoms with Crippen LogP contribution in [0, 0.1) is 5.92 Å². The lowest BCUT2D eigenvalue weighted by Gasteiger charge is -2.38. The average molecular weight is 362 g/mol. The van der Waals surface area contributed by atoms with Crippen LogP contribution in [0.15, 0.2) is 42.5 Å². The summed E-state index contributed by atoms with van der Waals surface area (Å²) < 4.78 is 5.52. The molecule has 2 N–H and O–H groups in total. The van der Waals surface area contributed by atoms with Gasteiger partial charge < -0.3 is 15.2 Å². The van der Waals surface area contributed by atoms with Gasteiger partial charge in [0.25, 0.3) is 0 Å². The van der Waals surface area contributed by atoms with Gasteiger partial charge in [0.1, 0.15) is 11.5 Å². The number of ether oxygens (including phenoxy) is 1. The summed E-state index contributed by atoms with van der Waals surface area (Å²) in [6.45, 7) is 0. The van der Waals surface area contributed by atoms with E-state index in [0.29, 0.717) is 10.9 Å². The Hall–Kier alpha value is -1.84. The van der Waals surface area contributed by atoms with E-state index < -0.39 is 0 Å². The molecule has 1 heterocycles. The van der Waals surface area contributed by atoms with Crippen LogP contribution in [0.1, 0.15) is 29.5 Å². The summed E-state index contributed by atoms with van der Waals surface area (Å²) >= 11 is 12.3. The molecule has 24 heavy (non-hydrogen) atoms. The number of aromatic hydroxyl groups is 1. The Balaban J connectivity index is 1.87. The summed E-state index contributed by atoms with van der Waals surface area (Å²) in [6, 6.07) is 9.33. The van der Waals surface area contributed by atoms with Gasteiger partial charge in [-0.3, -0.25) is 0 Å². The van der Waals surface area contributed by atoms with Crippen LogP contribution in [0.3, 0.4) is 0 Å². The zero-order valence-corrected chi connectivity index (χ0v) is 14.6. The predicted molar refractivity (Wildman–Crippen MR) is 97.5 cm³/mol. The zero-order valence-electron chi connectivity index (χ0n) is 13.1. The van der Waals surface area contributed by atoms with E-state index in [1.165, 1.54) is 5.56 Å². The van der Waals surface area contributed by atoms with E-state index in [1.54, 1.807) is 19.2 Å². The highest BCUT2D eigenvalue weighted by Crippen LogP contribution is 2.54. The normalized spacial score (nSPS) is 24.2. The van der Waals surface area contributed by atoms with Crippen molar-refractivity contribution in [3.05, 3.63) is 63.7 Å². The van der Waals surface area contributed by atoms with Gasteiger partial charge in [-0.2, -0.15) is 0 Å². The molecule has 4 rings (SSSR count). The molecule has 0 bridgehead atoms. The molecule has 3 nitrogen and oxygen atoms in total. The zero-order chi connectivity index (χ0) is 16.8. The van der Waals surface area contributed by atoms with E-state index in [9.17, 15) is 5.11 Å². The van der Waals surface area contributed by atoms with E-state index in [2.05, 4.69) is 23.5 Å². The van der Waals surface area contributed by atoms with Crippen molar-refractivity contribution in [2.24, 2.45) is 5.92 Å². The lowest BCUT2D eigenvalue weighted by atomic mass is 9.76. The third-order valence-electron chi connectivity index (χ3n) is 4.97. The standard InChI is InChI=1S/C19H17Cl2NO2/c1-24-16-7-3-6-13-11-4-2-5-12(11)17(22-18(13)16)14-8-10(20)9-15(21)19(14)23/h2-4,6-9,11-12,17,22-23H,5H2,1H3. The van der Waals surface area contributed by atoms with Gasteiger partial charge in [-0.25, -0.2) is 0 Å². The van der Waals surface area contributed by atoms with Crippen molar-refractivity contribution >= 4 is 28.9 Å². The number of allylic oxidation sites excluding steroid dienone is 2. The van der Waals surface area contributed by atoms with Crippen molar-refractivity contribution in [1.82, 2.24) is 0 Å². The summed E-state index contributed by atoms with van der Waals surface area (Å²) in [5, 5.41) is 14.8. The number of rotatable bonds is 2. The topological polar surface area (TPSA) is 41.5 Å². The highest BCUT2D eigenvalue weighted by molar-refractivity contribution is 6.35. The molecule has 2 aliphatic rings. The quantitative estimate of drug-likeness (QED) is 0.690. The molecule has 0 fully saturated rings. The fourth-order valence-electron chi connectivity index (χ4n) is 3.89. The third kappa shape index (κ3) is 2.35. The lowest BCUT2D eigenvalue weighted by molar-refractivity contribution is 0.388. The van der Waals surface area contributed by atoms with Crippen LogP contribution in [0.25, 0.3) is 0 Å². The van der Waals surface area contributed by atoms with E-state index in [1.807, 2.05) is 12.1 Å². The molecule has 0 amide bonds. The molecule has 2 aromatic rings. The largest absolute Gasteiger partial charge is 0.506 e.